The smallest absolute Gasteiger partial charge is 0.399 e. The van der Waals surface area contributed by atoms with Gasteiger partial charge >= 0.3 is 7.12 Å². The molecule has 1 N–H and O–H groups in total. The van der Waals surface area contributed by atoms with E-state index in [2.05, 4.69) is 0 Å². The van der Waals surface area contributed by atoms with E-state index in [0.29, 0.717) is 5.56 Å². The Morgan fingerprint density at radius 1 is 1.08 bits per heavy atom. The molecule has 132 valence electrons. The summed E-state index contributed by atoms with van der Waals surface area (Å²) >= 11 is 0. The molecule has 0 amide bonds. The minimum Gasteiger partial charge on any atom is -0.399 e. The Hall–Kier alpha value is -0.885. The van der Waals surface area contributed by atoms with Crippen molar-refractivity contribution in [2.24, 2.45) is 0 Å². The standard InChI is InChI=1S/C17H25BO5S/c1-10-8-9-12-13(17(7,11(2)19)24(12,20)21)14(10)18-22-15(3,4)16(5,6)23-18/h8-9,11,19H,1-7H3. The van der Waals surface area contributed by atoms with Gasteiger partial charge < -0.3 is 14.4 Å². The second-order valence-electron chi connectivity index (χ2n) is 8.04. The third-order valence-corrected chi connectivity index (χ3v) is 8.64. The van der Waals surface area contributed by atoms with Crippen LogP contribution in [0.4, 0.5) is 0 Å². The lowest BCUT2D eigenvalue weighted by atomic mass is 9.69. The summed E-state index contributed by atoms with van der Waals surface area (Å²) in [5.41, 5.74) is 1.21. The molecule has 24 heavy (non-hydrogen) atoms. The lowest BCUT2D eigenvalue weighted by Crippen LogP contribution is -2.57. The van der Waals surface area contributed by atoms with Gasteiger partial charge in [-0.2, -0.15) is 0 Å². The second-order valence-corrected chi connectivity index (χ2v) is 10.3. The van der Waals surface area contributed by atoms with Crippen molar-refractivity contribution in [3.63, 3.8) is 0 Å². The number of rotatable bonds is 2. The number of aryl methyl sites for hydroxylation is 1. The van der Waals surface area contributed by atoms with Crippen molar-refractivity contribution >= 4 is 22.4 Å². The fourth-order valence-corrected chi connectivity index (χ4v) is 5.53. The van der Waals surface area contributed by atoms with Crippen molar-refractivity contribution in [1.29, 1.82) is 0 Å². The topological polar surface area (TPSA) is 72.8 Å². The number of hydrogen-bond donors (Lipinski definition) is 1. The lowest BCUT2D eigenvalue weighted by molar-refractivity contribution is 0.00578. The third kappa shape index (κ3) is 1.95. The molecule has 1 aromatic carbocycles. The first kappa shape index (κ1) is 17.9. The molecule has 1 fully saturated rings. The van der Waals surface area contributed by atoms with Gasteiger partial charge in [0.2, 0.25) is 0 Å². The SMILES string of the molecule is Cc1ccc2c(c1B1OC(C)(C)C(C)(C)O1)C(C)(C(C)O)S2(=O)=O. The maximum atomic E-state index is 12.7. The molecule has 2 heterocycles. The van der Waals surface area contributed by atoms with Gasteiger partial charge in [0.25, 0.3) is 0 Å². The molecule has 3 rings (SSSR count). The van der Waals surface area contributed by atoms with E-state index in [0.717, 1.165) is 11.0 Å². The van der Waals surface area contributed by atoms with E-state index < -0.39 is 39.0 Å². The minimum atomic E-state index is -3.57. The molecule has 2 atom stereocenters. The average Bonchev–Trinajstić information content (AvgIpc) is 2.65. The van der Waals surface area contributed by atoms with Gasteiger partial charge in [-0.15, -0.1) is 0 Å². The van der Waals surface area contributed by atoms with Crippen LogP contribution in [0.1, 0.15) is 52.7 Å². The number of hydrogen-bond acceptors (Lipinski definition) is 5. The van der Waals surface area contributed by atoms with E-state index in [4.69, 9.17) is 9.31 Å². The van der Waals surface area contributed by atoms with Gasteiger partial charge in [-0.05, 0) is 65.6 Å². The van der Waals surface area contributed by atoms with Gasteiger partial charge in [-0.1, -0.05) is 11.6 Å². The fourth-order valence-electron chi connectivity index (χ4n) is 3.45. The maximum absolute atomic E-state index is 12.7. The Morgan fingerprint density at radius 3 is 2.04 bits per heavy atom. The first-order chi connectivity index (χ1) is 10.8. The van der Waals surface area contributed by atoms with Gasteiger partial charge in [-0.25, -0.2) is 8.42 Å². The first-order valence-electron chi connectivity index (χ1n) is 8.19. The number of aliphatic hydroxyl groups is 1. The Kier molecular flexibility index (Phi) is 3.62. The molecule has 0 aromatic heterocycles. The molecule has 1 aromatic rings. The van der Waals surface area contributed by atoms with Gasteiger partial charge in [-0.3, -0.25) is 0 Å². The zero-order chi connectivity index (χ0) is 18.3. The molecular formula is C17H25BO5S. The number of aliphatic hydroxyl groups excluding tert-OH is 1. The predicted octanol–water partition coefficient (Wildman–Crippen LogP) is 1.68. The summed E-state index contributed by atoms with van der Waals surface area (Å²) in [7, 11) is -4.22. The van der Waals surface area contributed by atoms with Gasteiger partial charge in [0.05, 0.1) is 22.2 Å². The van der Waals surface area contributed by atoms with Crippen molar-refractivity contribution in [3.05, 3.63) is 23.3 Å². The van der Waals surface area contributed by atoms with Crippen molar-refractivity contribution in [2.45, 2.75) is 75.4 Å². The zero-order valence-corrected chi connectivity index (χ0v) is 16.1. The largest absolute Gasteiger partial charge is 0.495 e. The summed E-state index contributed by atoms with van der Waals surface area (Å²) in [5, 5.41) is 10.2. The van der Waals surface area contributed by atoms with Gasteiger partial charge in [0.15, 0.2) is 9.84 Å². The Bertz CT molecular complexity index is 797. The highest BCUT2D eigenvalue weighted by molar-refractivity contribution is 7.94. The molecule has 2 aliphatic heterocycles. The van der Waals surface area contributed by atoms with E-state index in [1.54, 1.807) is 19.1 Å². The van der Waals surface area contributed by atoms with Crippen molar-refractivity contribution in [2.75, 3.05) is 0 Å². The second kappa shape index (κ2) is 4.84. The number of sulfone groups is 1. The molecule has 2 unspecified atom stereocenters. The van der Waals surface area contributed by atoms with E-state index in [-0.39, 0.29) is 4.90 Å². The van der Waals surface area contributed by atoms with Crippen molar-refractivity contribution in [1.82, 2.24) is 0 Å². The molecule has 2 aliphatic rings. The highest BCUT2D eigenvalue weighted by Crippen LogP contribution is 2.51. The van der Waals surface area contributed by atoms with Gasteiger partial charge in [0, 0.05) is 0 Å². The Morgan fingerprint density at radius 2 is 1.58 bits per heavy atom. The summed E-state index contributed by atoms with van der Waals surface area (Å²) in [5.74, 6) is 0. The molecule has 5 nitrogen and oxygen atoms in total. The maximum Gasteiger partial charge on any atom is 0.495 e. The van der Waals surface area contributed by atoms with Crippen LogP contribution in [0.3, 0.4) is 0 Å². The normalized spacial score (nSPS) is 30.6. The summed E-state index contributed by atoms with van der Waals surface area (Å²) in [6, 6.07) is 3.39. The molecule has 0 bridgehead atoms. The van der Waals surface area contributed by atoms with Gasteiger partial charge in [0.1, 0.15) is 4.75 Å². The molecular weight excluding hydrogens is 327 g/mol. The van der Waals surface area contributed by atoms with E-state index in [9.17, 15) is 13.5 Å². The van der Waals surface area contributed by atoms with Crippen LogP contribution in [0.2, 0.25) is 0 Å². The third-order valence-electron chi connectivity index (χ3n) is 6.06. The average molecular weight is 352 g/mol. The van der Waals surface area contributed by atoms with Crippen LogP contribution in [-0.4, -0.2) is 37.9 Å². The number of benzene rings is 1. The summed E-state index contributed by atoms with van der Waals surface area (Å²) in [6.45, 7) is 12.8. The Labute approximate surface area is 144 Å². The molecule has 1 saturated heterocycles. The molecule has 7 heteroatoms. The van der Waals surface area contributed by atoms with E-state index in [1.807, 2.05) is 34.6 Å². The van der Waals surface area contributed by atoms with Crippen LogP contribution in [-0.2, 0) is 23.9 Å². The molecule has 0 saturated carbocycles. The monoisotopic (exact) mass is 352 g/mol. The van der Waals surface area contributed by atoms with Crippen LogP contribution in [0.25, 0.3) is 0 Å². The van der Waals surface area contributed by atoms with E-state index in [1.165, 1.54) is 6.92 Å². The van der Waals surface area contributed by atoms with Crippen LogP contribution in [0, 0.1) is 6.92 Å². The highest BCUT2D eigenvalue weighted by atomic mass is 32.2. The summed E-state index contributed by atoms with van der Waals surface area (Å²) in [6.07, 6.45) is -1.03. The number of fused-ring (bicyclic) bond motifs is 1. The minimum absolute atomic E-state index is 0.265. The zero-order valence-electron chi connectivity index (χ0n) is 15.3. The van der Waals surface area contributed by atoms with Crippen LogP contribution < -0.4 is 5.46 Å². The molecule has 0 spiro atoms. The van der Waals surface area contributed by atoms with Crippen molar-refractivity contribution < 1.29 is 22.8 Å². The summed E-state index contributed by atoms with van der Waals surface area (Å²) in [4.78, 5) is 0.265. The quantitative estimate of drug-likeness (QED) is 0.820. The summed E-state index contributed by atoms with van der Waals surface area (Å²) < 4.78 is 36.3. The van der Waals surface area contributed by atoms with Crippen LogP contribution >= 0.6 is 0 Å². The van der Waals surface area contributed by atoms with E-state index >= 15 is 0 Å². The lowest BCUT2D eigenvalue weighted by Gasteiger charge is -2.44. The molecule has 0 aliphatic carbocycles. The Balaban J connectivity index is 2.22. The van der Waals surface area contributed by atoms with Crippen LogP contribution in [0.5, 0.6) is 0 Å². The highest BCUT2D eigenvalue weighted by Gasteiger charge is 2.61. The van der Waals surface area contributed by atoms with Crippen molar-refractivity contribution in [3.8, 4) is 0 Å². The first-order valence-corrected chi connectivity index (χ1v) is 9.68. The molecule has 0 radical (unpaired) electrons. The predicted molar refractivity (Wildman–Crippen MR) is 93.1 cm³/mol. The fraction of sp³-hybridized carbons (Fsp3) is 0.647. The van der Waals surface area contributed by atoms with Crippen LogP contribution in [0.15, 0.2) is 17.0 Å².